The van der Waals surface area contributed by atoms with Gasteiger partial charge in [-0.05, 0) is 36.4 Å². The number of hydrogen-bond acceptors (Lipinski definition) is 4. The van der Waals surface area contributed by atoms with Crippen molar-refractivity contribution in [2.75, 3.05) is 44.2 Å². The van der Waals surface area contributed by atoms with Crippen molar-refractivity contribution in [1.29, 1.82) is 0 Å². The average molecular weight is 298 g/mol. The molecule has 4 nitrogen and oxygen atoms in total. The highest BCUT2D eigenvalue weighted by Gasteiger charge is 2.16. The topological polar surface area (TPSA) is 35.9 Å². The van der Waals surface area contributed by atoms with E-state index < -0.39 is 0 Å². The standard InChI is InChI=1S/C18H22N2O2/c21-17-6-8-18(9-7-17)22-15-14-19-10-12-20(13-11-19)16-4-2-1-3-5-16/h1-9,21H,10-15H2. The van der Waals surface area contributed by atoms with Crippen molar-refractivity contribution in [1.82, 2.24) is 4.90 Å². The highest BCUT2D eigenvalue weighted by molar-refractivity contribution is 5.46. The molecule has 1 fully saturated rings. The van der Waals surface area contributed by atoms with E-state index >= 15 is 0 Å². The lowest BCUT2D eigenvalue weighted by molar-refractivity contribution is 0.200. The molecule has 4 heteroatoms. The molecule has 22 heavy (non-hydrogen) atoms. The van der Waals surface area contributed by atoms with Crippen LogP contribution in [0, 0.1) is 0 Å². The SMILES string of the molecule is Oc1ccc(OCCN2CCN(c3ccccc3)CC2)cc1. The van der Waals surface area contributed by atoms with Crippen molar-refractivity contribution in [2.45, 2.75) is 0 Å². The maximum atomic E-state index is 9.24. The molecule has 1 N–H and O–H groups in total. The van der Waals surface area contributed by atoms with E-state index in [4.69, 9.17) is 4.74 Å². The molecule has 0 bridgehead atoms. The number of piperazine rings is 1. The maximum Gasteiger partial charge on any atom is 0.119 e. The molecule has 0 radical (unpaired) electrons. The molecule has 2 aromatic carbocycles. The molecule has 1 saturated heterocycles. The molecule has 0 unspecified atom stereocenters. The van der Waals surface area contributed by atoms with E-state index in [1.54, 1.807) is 24.3 Å². The molecular formula is C18H22N2O2. The highest BCUT2D eigenvalue weighted by Crippen LogP contribution is 2.17. The normalized spacial score (nSPS) is 15.7. The number of ether oxygens (including phenoxy) is 1. The molecule has 0 amide bonds. The number of phenolic OH excluding ortho intramolecular Hbond substituents is 1. The molecule has 116 valence electrons. The van der Waals surface area contributed by atoms with Gasteiger partial charge in [0.05, 0.1) is 0 Å². The van der Waals surface area contributed by atoms with Crippen LogP contribution in [0.15, 0.2) is 54.6 Å². The van der Waals surface area contributed by atoms with Crippen LogP contribution in [-0.4, -0.2) is 49.3 Å². The molecular weight excluding hydrogens is 276 g/mol. The fourth-order valence-corrected chi connectivity index (χ4v) is 2.70. The second kappa shape index (κ2) is 7.18. The Labute approximate surface area is 131 Å². The van der Waals surface area contributed by atoms with Crippen LogP contribution < -0.4 is 9.64 Å². The maximum absolute atomic E-state index is 9.24. The fourth-order valence-electron chi connectivity index (χ4n) is 2.70. The summed E-state index contributed by atoms with van der Waals surface area (Å²) >= 11 is 0. The monoisotopic (exact) mass is 298 g/mol. The van der Waals surface area contributed by atoms with Gasteiger partial charge < -0.3 is 14.7 Å². The van der Waals surface area contributed by atoms with Crippen molar-refractivity contribution in [3.8, 4) is 11.5 Å². The van der Waals surface area contributed by atoms with Gasteiger partial charge in [0, 0.05) is 38.4 Å². The smallest absolute Gasteiger partial charge is 0.119 e. The summed E-state index contributed by atoms with van der Waals surface area (Å²) in [7, 11) is 0. The van der Waals surface area contributed by atoms with E-state index in [0.717, 1.165) is 38.5 Å². The summed E-state index contributed by atoms with van der Waals surface area (Å²) in [6.07, 6.45) is 0. The summed E-state index contributed by atoms with van der Waals surface area (Å²) in [4.78, 5) is 4.86. The Hall–Kier alpha value is -2.20. The number of aromatic hydroxyl groups is 1. The molecule has 0 aliphatic carbocycles. The summed E-state index contributed by atoms with van der Waals surface area (Å²) in [5, 5.41) is 9.24. The number of rotatable bonds is 5. The van der Waals surface area contributed by atoms with Crippen LogP contribution in [-0.2, 0) is 0 Å². The molecule has 3 rings (SSSR count). The lowest BCUT2D eigenvalue weighted by Crippen LogP contribution is -2.47. The molecule has 2 aromatic rings. The third-order valence-corrected chi connectivity index (χ3v) is 4.01. The zero-order chi connectivity index (χ0) is 15.2. The Bertz CT molecular complexity index is 563. The van der Waals surface area contributed by atoms with Gasteiger partial charge in [0.1, 0.15) is 18.1 Å². The van der Waals surface area contributed by atoms with Gasteiger partial charge >= 0.3 is 0 Å². The Kier molecular flexibility index (Phi) is 4.81. The summed E-state index contributed by atoms with van der Waals surface area (Å²) in [5.41, 5.74) is 1.31. The van der Waals surface area contributed by atoms with Crippen LogP contribution in [0.3, 0.4) is 0 Å². The van der Waals surface area contributed by atoms with Gasteiger partial charge in [0.2, 0.25) is 0 Å². The second-order valence-corrected chi connectivity index (χ2v) is 5.51. The Morgan fingerprint density at radius 2 is 1.55 bits per heavy atom. The van der Waals surface area contributed by atoms with Gasteiger partial charge in [0.25, 0.3) is 0 Å². The van der Waals surface area contributed by atoms with E-state index in [2.05, 4.69) is 40.1 Å². The third kappa shape index (κ3) is 3.92. The van der Waals surface area contributed by atoms with Gasteiger partial charge in [-0.1, -0.05) is 18.2 Å². The third-order valence-electron chi connectivity index (χ3n) is 4.01. The van der Waals surface area contributed by atoms with Gasteiger partial charge in [-0.15, -0.1) is 0 Å². The lowest BCUT2D eigenvalue weighted by atomic mass is 10.2. The van der Waals surface area contributed by atoms with E-state index in [1.807, 2.05) is 0 Å². The summed E-state index contributed by atoms with van der Waals surface area (Å²) in [6, 6.07) is 17.5. The summed E-state index contributed by atoms with van der Waals surface area (Å²) in [6.45, 7) is 5.85. The van der Waals surface area contributed by atoms with Crippen molar-refractivity contribution in [3.05, 3.63) is 54.6 Å². The van der Waals surface area contributed by atoms with Crippen molar-refractivity contribution in [2.24, 2.45) is 0 Å². The molecule has 0 aromatic heterocycles. The van der Waals surface area contributed by atoms with Gasteiger partial charge in [-0.3, -0.25) is 4.90 Å². The zero-order valence-electron chi connectivity index (χ0n) is 12.7. The molecule has 1 aliphatic rings. The van der Waals surface area contributed by atoms with E-state index in [9.17, 15) is 5.11 Å². The van der Waals surface area contributed by atoms with Crippen LogP contribution in [0.2, 0.25) is 0 Å². The summed E-state index contributed by atoms with van der Waals surface area (Å²) in [5.74, 6) is 1.07. The van der Waals surface area contributed by atoms with Crippen LogP contribution >= 0.6 is 0 Å². The number of benzene rings is 2. The Balaban J connectivity index is 1.40. The minimum Gasteiger partial charge on any atom is -0.508 e. The molecule has 0 spiro atoms. The summed E-state index contributed by atoms with van der Waals surface area (Å²) < 4.78 is 5.71. The largest absolute Gasteiger partial charge is 0.508 e. The average Bonchev–Trinajstić information content (AvgIpc) is 2.58. The van der Waals surface area contributed by atoms with Gasteiger partial charge in [-0.25, -0.2) is 0 Å². The van der Waals surface area contributed by atoms with Crippen molar-refractivity contribution >= 4 is 5.69 Å². The van der Waals surface area contributed by atoms with Crippen LogP contribution in [0.25, 0.3) is 0 Å². The predicted octanol–water partition coefficient (Wildman–Crippen LogP) is 2.59. The van der Waals surface area contributed by atoms with E-state index in [1.165, 1.54) is 5.69 Å². The fraction of sp³-hybridized carbons (Fsp3) is 0.333. The van der Waals surface area contributed by atoms with Crippen molar-refractivity contribution in [3.63, 3.8) is 0 Å². The van der Waals surface area contributed by atoms with Crippen molar-refractivity contribution < 1.29 is 9.84 Å². The predicted molar refractivity (Wildman–Crippen MR) is 88.7 cm³/mol. The van der Waals surface area contributed by atoms with Gasteiger partial charge in [-0.2, -0.15) is 0 Å². The lowest BCUT2D eigenvalue weighted by Gasteiger charge is -2.36. The molecule has 1 aliphatic heterocycles. The number of para-hydroxylation sites is 1. The van der Waals surface area contributed by atoms with Crippen LogP contribution in [0.5, 0.6) is 11.5 Å². The highest BCUT2D eigenvalue weighted by atomic mass is 16.5. The molecule has 1 heterocycles. The Morgan fingerprint density at radius 1 is 0.864 bits per heavy atom. The minimum atomic E-state index is 0.268. The minimum absolute atomic E-state index is 0.268. The zero-order valence-corrected chi connectivity index (χ0v) is 12.7. The van der Waals surface area contributed by atoms with Gasteiger partial charge in [0.15, 0.2) is 0 Å². The van der Waals surface area contributed by atoms with Crippen LogP contribution in [0.4, 0.5) is 5.69 Å². The quantitative estimate of drug-likeness (QED) is 0.920. The van der Waals surface area contributed by atoms with E-state index in [0.29, 0.717) is 6.61 Å². The second-order valence-electron chi connectivity index (χ2n) is 5.51. The first-order valence-corrected chi connectivity index (χ1v) is 7.75. The van der Waals surface area contributed by atoms with E-state index in [-0.39, 0.29) is 5.75 Å². The number of nitrogens with zero attached hydrogens (tertiary/aromatic N) is 2. The molecule has 0 saturated carbocycles. The molecule has 0 atom stereocenters. The first-order chi connectivity index (χ1) is 10.8. The number of anilines is 1. The Morgan fingerprint density at radius 3 is 2.23 bits per heavy atom. The number of phenols is 1. The van der Waals surface area contributed by atoms with Crippen LogP contribution in [0.1, 0.15) is 0 Å². The number of hydrogen-bond donors (Lipinski definition) is 1. The first-order valence-electron chi connectivity index (χ1n) is 7.75. The first kappa shape index (κ1) is 14.7.